The third-order valence-electron chi connectivity index (χ3n) is 0.576. The van der Waals surface area contributed by atoms with Gasteiger partial charge >= 0.3 is 6.03 Å². The van der Waals surface area contributed by atoms with E-state index in [4.69, 9.17) is 0 Å². The fraction of sp³-hybridized carbons (Fsp3) is 0. The summed E-state index contributed by atoms with van der Waals surface area (Å²) in [6.07, 6.45) is 2.22. The number of amides is 2. The van der Waals surface area contributed by atoms with Crippen molar-refractivity contribution in [2.24, 2.45) is 4.99 Å². The van der Waals surface area contributed by atoms with E-state index < -0.39 is 6.03 Å². The van der Waals surface area contributed by atoms with E-state index in [-0.39, 0.29) is 4.74 Å². The molecule has 0 fully saturated rings. The quantitative estimate of drug-likeness (QED) is 0.310. The van der Waals surface area contributed by atoms with Gasteiger partial charge in [-0.2, -0.15) is 9.53 Å². The molecule has 1 aliphatic rings. The summed E-state index contributed by atoms with van der Waals surface area (Å²) in [6.45, 7) is 0. The van der Waals surface area contributed by atoms with Gasteiger partial charge in [-0.3, -0.25) is 0 Å². The highest BCUT2D eigenvalue weighted by Crippen LogP contribution is 1.82. The van der Waals surface area contributed by atoms with Crippen LogP contribution in [0.4, 0.5) is 4.79 Å². The first kappa shape index (κ1) is 3.98. The average molecular weight is 98.1 g/mol. The van der Waals surface area contributed by atoms with Gasteiger partial charge in [0.25, 0.3) is 0 Å². The number of hydrogen-bond acceptors (Lipinski definition) is 2. The summed E-state index contributed by atoms with van der Waals surface area (Å²) in [5, 5.41) is 9.96. The molecule has 0 aromatic heterocycles. The molecule has 0 aromatic carbocycles. The Bertz CT molecular complexity index is 158. The van der Waals surface area contributed by atoms with Gasteiger partial charge in [0, 0.05) is 0 Å². The summed E-state index contributed by atoms with van der Waals surface area (Å²) in [5.74, 6) is 0. The second-order valence-electron chi connectivity index (χ2n) is 1.04. The number of nitrogens with zero attached hydrogens (tertiary/aromatic N) is 2. The first-order chi connectivity index (χ1) is 3.30. The summed E-state index contributed by atoms with van der Waals surface area (Å²) in [4.78, 5) is 13.1. The lowest BCUT2D eigenvalue weighted by molar-refractivity contribution is -0.337. The molecule has 0 unspecified atom stereocenters. The van der Waals surface area contributed by atoms with Crippen LogP contribution in [-0.2, 0) is 0 Å². The maximum Gasteiger partial charge on any atom is 0.542 e. The maximum atomic E-state index is 9.96. The van der Waals surface area contributed by atoms with Crippen molar-refractivity contribution in [2.45, 2.75) is 0 Å². The molecule has 0 bridgehead atoms. The molecule has 0 N–H and O–H groups in total. The number of hydroxylamine groups is 1. The van der Waals surface area contributed by atoms with Crippen LogP contribution in [0.1, 0.15) is 0 Å². The van der Waals surface area contributed by atoms with E-state index in [9.17, 15) is 10.0 Å². The Morgan fingerprint density at radius 1 is 1.86 bits per heavy atom. The molecule has 0 radical (unpaired) electrons. The van der Waals surface area contributed by atoms with E-state index in [1.807, 2.05) is 0 Å². The van der Waals surface area contributed by atoms with Crippen LogP contribution in [0, 0.1) is 5.21 Å². The van der Waals surface area contributed by atoms with Crippen molar-refractivity contribution in [1.29, 1.82) is 0 Å². The highest BCUT2D eigenvalue weighted by molar-refractivity contribution is 6.20. The Balaban J connectivity index is 2.89. The van der Waals surface area contributed by atoms with Crippen LogP contribution in [0.3, 0.4) is 0 Å². The van der Waals surface area contributed by atoms with Crippen LogP contribution in [0.25, 0.3) is 0 Å². The van der Waals surface area contributed by atoms with Crippen molar-refractivity contribution >= 4 is 18.5 Å². The van der Waals surface area contributed by atoms with Gasteiger partial charge in [-0.25, -0.2) is 0 Å². The highest BCUT2D eigenvalue weighted by atomic mass is 16.5. The van der Waals surface area contributed by atoms with E-state index in [1.54, 1.807) is 0 Å². The summed E-state index contributed by atoms with van der Waals surface area (Å²) in [5.41, 5.74) is 0. The minimum atomic E-state index is -0.750. The third kappa shape index (κ3) is 0.489. The Kier molecular flexibility index (Phi) is 0.651. The van der Waals surface area contributed by atoms with Crippen molar-refractivity contribution in [1.82, 2.24) is 0 Å². The monoisotopic (exact) mass is 98.0 g/mol. The topological polar surface area (TPSA) is 55.5 Å². The molecule has 1 rings (SSSR count). The lowest BCUT2D eigenvalue weighted by atomic mass is 10.8. The molecule has 0 aromatic rings. The molecule has 0 aliphatic carbocycles. The van der Waals surface area contributed by atoms with Gasteiger partial charge in [0.1, 0.15) is 6.21 Å². The standard InChI is InChI=1S/C3H2N2O2/c6-3-4-1-2-5(3)7/h1-2H. The molecule has 0 spiro atoms. The summed E-state index contributed by atoms with van der Waals surface area (Å²) >= 11 is 0. The zero-order chi connectivity index (χ0) is 5.28. The SMILES string of the molecule is O=C1N=CC=[N+]1[O-]. The van der Waals surface area contributed by atoms with Crippen LogP contribution in [0.15, 0.2) is 4.99 Å². The van der Waals surface area contributed by atoms with Gasteiger partial charge < -0.3 is 5.21 Å². The van der Waals surface area contributed by atoms with Crippen molar-refractivity contribution in [3.8, 4) is 0 Å². The fourth-order valence-corrected chi connectivity index (χ4v) is 0.278. The van der Waals surface area contributed by atoms with Crippen molar-refractivity contribution < 1.29 is 9.53 Å². The molecule has 7 heavy (non-hydrogen) atoms. The minimum Gasteiger partial charge on any atom is -0.708 e. The number of carbonyl (C=O) groups excluding carboxylic acids is 1. The Morgan fingerprint density at radius 3 is 2.71 bits per heavy atom. The average Bonchev–Trinajstić information content (AvgIpc) is 1.91. The lowest BCUT2D eigenvalue weighted by Gasteiger charge is -1.90. The predicted octanol–water partition coefficient (Wildman–Crippen LogP) is -0.228. The van der Waals surface area contributed by atoms with Gasteiger partial charge in [0.15, 0.2) is 6.21 Å². The van der Waals surface area contributed by atoms with Crippen molar-refractivity contribution in [3.63, 3.8) is 0 Å². The van der Waals surface area contributed by atoms with E-state index in [1.165, 1.54) is 0 Å². The fourth-order valence-electron chi connectivity index (χ4n) is 0.278. The molecule has 2 amide bonds. The summed E-state index contributed by atoms with van der Waals surface area (Å²) in [6, 6.07) is -0.750. The van der Waals surface area contributed by atoms with Crippen LogP contribution in [-0.4, -0.2) is 23.2 Å². The Hall–Kier alpha value is -1.19. The molecule has 4 heteroatoms. The van der Waals surface area contributed by atoms with Crippen molar-refractivity contribution in [2.75, 3.05) is 0 Å². The first-order valence-corrected chi connectivity index (χ1v) is 1.68. The molecule has 1 heterocycles. The summed E-state index contributed by atoms with van der Waals surface area (Å²) < 4.78 is 0.167. The highest BCUT2D eigenvalue weighted by Gasteiger charge is 2.11. The van der Waals surface area contributed by atoms with E-state index in [0.29, 0.717) is 0 Å². The van der Waals surface area contributed by atoms with E-state index >= 15 is 0 Å². The molecule has 1 aliphatic heterocycles. The lowest BCUT2D eigenvalue weighted by Crippen LogP contribution is -2.03. The minimum absolute atomic E-state index is 0.167. The van der Waals surface area contributed by atoms with E-state index in [0.717, 1.165) is 12.4 Å². The van der Waals surface area contributed by atoms with Gasteiger partial charge in [0.05, 0.1) is 0 Å². The number of aliphatic imine (C=N–C) groups is 1. The van der Waals surface area contributed by atoms with Crippen LogP contribution in [0.2, 0.25) is 0 Å². The maximum absolute atomic E-state index is 9.96. The number of urea groups is 1. The largest absolute Gasteiger partial charge is 0.708 e. The van der Waals surface area contributed by atoms with Gasteiger partial charge in [0.2, 0.25) is 0 Å². The van der Waals surface area contributed by atoms with Crippen LogP contribution >= 0.6 is 0 Å². The molecular weight excluding hydrogens is 96.0 g/mol. The molecular formula is C3H2N2O2. The first-order valence-electron chi connectivity index (χ1n) is 1.68. The van der Waals surface area contributed by atoms with Crippen LogP contribution in [0.5, 0.6) is 0 Å². The zero-order valence-electron chi connectivity index (χ0n) is 3.37. The van der Waals surface area contributed by atoms with Gasteiger partial charge in [-0.15, -0.1) is 0 Å². The molecule has 4 nitrogen and oxygen atoms in total. The van der Waals surface area contributed by atoms with Gasteiger partial charge in [-0.05, 0) is 4.99 Å². The second-order valence-corrected chi connectivity index (χ2v) is 1.04. The Labute approximate surface area is 39.4 Å². The number of carbonyl (C=O) groups is 1. The molecule has 0 saturated carbocycles. The van der Waals surface area contributed by atoms with Crippen LogP contribution < -0.4 is 0 Å². The smallest absolute Gasteiger partial charge is 0.542 e. The zero-order valence-corrected chi connectivity index (χ0v) is 3.37. The molecule has 0 saturated heterocycles. The Morgan fingerprint density at radius 2 is 2.57 bits per heavy atom. The van der Waals surface area contributed by atoms with E-state index in [2.05, 4.69) is 4.99 Å². The second kappa shape index (κ2) is 1.14. The summed E-state index contributed by atoms with van der Waals surface area (Å²) in [7, 11) is 0. The number of hydrogen-bond donors (Lipinski definition) is 0. The molecule has 36 valence electrons. The normalized spacial score (nSPS) is 17.7. The number of rotatable bonds is 0. The predicted molar refractivity (Wildman–Crippen MR) is 23.6 cm³/mol. The van der Waals surface area contributed by atoms with Crippen molar-refractivity contribution in [3.05, 3.63) is 5.21 Å². The van der Waals surface area contributed by atoms with Gasteiger partial charge in [-0.1, -0.05) is 0 Å². The third-order valence-corrected chi connectivity index (χ3v) is 0.576. The molecule has 0 atom stereocenters.